The zero-order valence-corrected chi connectivity index (χ0v) is 19.8. The fraction of sp³-hybridized carbons (Fsp3) is 0.192. The Balaban J connectivity index is 1.37. The number of nitrogens with zero attached hydrogens (tertiary/aromatic N) is 5. The Hall–Kier alpha value is -4.51. The fourth-order valence-electron chi connectivity index (χ4n) is 4.26. The standard InChI is InChI=1S/C26H22F2N6O3/c1-33-23(6-7-35)32-22-12-30-21-5-3-15(8-17(21)24(22)33)10-31-25(36)18-11-29-14-34(26(18)37)13-16-2-4-19(27)20(28)9-16/h2-5,8-9,11-12,14,35H,6-7,10,13H2,1H3,(H,31,36). The molecular weight excluding hydrogens is 482 g/mol. The van der Waals surface area contributed by atoms with Gasteiger partial charge in [0, 0.05) is 31.6 Å². The van der Waals surface area contributed by atoms with Crippen LogP contribution in [0.1, 0.15) is 27.3 Å². The molecule has 0 saturated carbocycles. The van der Waals surface area contributed by atoms with E-state index in [1.165, 1.54) is 18.6 Å². The van der Waals surface area contributed by atoms with Gasteiger partial charge in [0.15, 0.2) is 11.6 Å². The Morgan fingerprint density at radius 1 is 1.05 bits per heavy atom. The highest BCUT2D eigenvalue weighted by molar-refractivity contribution is 6.02. The van der Waals surface area contributed by atoms with Gasteiger partial charge in [-0.2, -0.15) is 0 Å². The maximum atomic E-state index is 13.5. The van der Waals surface area contributed by atoms with Gasteiger partial charge in [-0.25, -0.2) is 18.7 Å². The van der Waals surface area contributed by atoms with Gasteiger partial charge in [-0.15, -0.1) is 0 Å². The van der Waals surface area contributed by atoms with Crippen LogP contribution in [0.15, 0.2) is 59.9 Å². The number of rotatable bonds is 7. The van der Waals surface area contributed by atoms with Gasteiger partial charge in [0.2, 0.25) is 0 Å². The maximum Gasteiger partial charge on any atom is 0.266 e. The number of amides is 1. The SMILES string of the molecule is Cn1c(CCO)nc2cnc3ccc(CNC(=O)c4cncn(Cc5ccc(F)c(F)c5)c4=O)cc3c21. The van der Waals surface area contributed by atoms with Crippen molar-refractivity contribution < 1.29 is 18.7 Å². The van der Waals surface area contributed by atoms with Crippen molar-refractivity contribution in [3.05, 3.63) is 99.6 Å². The fourth-order valence-corrected chi connectivity index (χ4v) is 4.26. The first-order valence-corrected chi connectivity index (χ1v) is 11.5. The van der Waals surface area contributed by atoms with Crippen LogP contribution < -0.4 is 10.9 Å². The van der Waals surface area contributed by atoms with Gasteiger partial charge in [-0.3, -0.25) is 19.1 Å². The smallest absolute Gasteiger partial charge is 0.266 e. The predicted molar refractivity (Wildman–Crippen MR) is 132 cm³/mol. The van der Waals surface area contributed by atoms with Gasteiger partial charge >= 0.3 is 0 Å². The number of fused-ring (bicyclic) bond motifs is 3. The van der Waals surface area contributed by atoms with E-state index in [1.54, 1.807) is 6.20 Å². The Kier molecular flexibility index (Phi) is 6.45. The van der Waals surface area contributed by atoms with Crippen LogP contribution in [-0.2, 0) is 26.6 Å². The van der Waals surface area contributed by atoms with E-state index in [2.05, 4.69) is 20.3 Å². The summed E-state index contributed by atoms with van der Waals surface area (Å²) in [6, 6.07) is 8.91. The third kappa shape index (κ3) is 4.68. The van der Waals surface area contributed by atoms with Crippen molar-refractivity contribution in [2.24, 2.45) is 7.05 Å². The summed E-state index contributed by atoms with van der Waals surface area (Å²) in [4.78, 5) is 38.6. The van der Waals surface area contributed by atoms with Crippen LogP contribution in [0, 0.1) is 11.6 Å². The Labute approximate surface area is 209 Å². The highest BCUT2D eigenvalue weighted by Gasteiger charge is 2.15. The quantitative estimate of drug-likeness (QED) is 0.352. The lowest BCUT2D eigenvalue weighted by molar-refractivity contribution is 0.0948. The van der Waals surface area contributed by atoms with Crippen molar-refractivity contribution in [3.8, 4) is 0 Å². The molecule has 0 atom stereocenters. The van der Waals surface area contributed by atoms with Crippen molar-refractivity contribution in [2.45, 2.75) is 19.5 Å². The number of aryl methyl sites for hydroxylation is 1. The summed E-state index contributed by atoms with van der Waals surface area (Å²) < 4.78 is 29.8. The molecule has 5 aromatic rings. The van der Waals surface area contributed by atoms with Crippen molar-refractivity contribution in [2.75, 3.05) is 6.61 Å². The minimum atomic E-state index is -1.02. The van der Waals surface area contributed by atoms with Crippen molar-refractivity contribution >= 4 is 27.8 Å². The summed E-state index contributed by atoms with van der Waals surface area (Å²) in [7, 11) is 1.88. The van der Waals surface area contributed by atoms with E-state index in [-0.39, 0.29) is 25.3 Å². The number of hydrogen-bond donors (Lipinski definition) is 2. The molecule has 188 valence electrons. The van der Waals surface area contributed by atoms with Crippen LogP contribution in [0.4, 0.5) is 8.78 Å². The minimum Gasteiger partial charge on any atom is -0.396 e. The van der Waals surface area contributed by atoms with Crippen LogP contribution >= 0.6 is 0 Å². The average molecular weight is 504 g/mol. The molecule has 9 nitrogen and oxygen atoms in total. The van der Waals surface area contributed by atoms with Crippen molar-refractivity contribution in [1.29, 1.82) is 0 Å². The first kappa shape index (κ1) is 24.2. The van der Waals surface area contributed by atoms with E-state index >= 15 is 0 Å². The van der Waals surface area contributed by atoms with Gasteiger partial charge in [0.05, 0.1) is 36.7 Å². The Morgan fingerprint density at radius 2 is 1.86 bits per heavy atom. The Morgan fingerprint density at radius 3 is 2.65 bits per heavy atom. The molecule has 3 aromatic heterocycles. The van der Waals surface area contributed by atoms with E-state index in [0.29, 0.717) is 17.5 Å². The summed E-state index contributed by atoms with van der Waals surface area (Å²) in [5, 5.41) is 12.9. The van der Waals surface area contributed by atoms with E-state index in [1.807, 2.05) is 29.8 Å². The first-order valence-electron chi connectivity index (χ1n) is 11.5. The number of pyridine rings is 1. The molecule has 0 radical (unpaired) electrons. The molecule has 1 amide bonds. The highest BCUT2D eigenvalue weighted by atomic mass is 19.2. The number of aliphatic hydroxyl groups excluding tert-OH is 1. The largest absolute Gasteiger partial charge is 0.396 e. The number of halogens is 2. The molecule has 2 aromatic carbocycles. The number of aliphatic hydroxyl groups is 1. The van der Waals surface area contributed by atoms with Crippen LogP contribution in [0.3, 0.4) is 0 Å². The topological polar surface area (TPSA) is 115 Å². The number of benzene rings is 2. The molecule has 11 heteroatoms. The molecule has 5 rings (SSSR count). The monoisotopic (exact) mass is 504 g/mol. The maximum absolute atomic E-state index is 13.5. The van der Waals surface area contributed by atoms with Crippen LogP contribution in [0.25, 0.3) is 21.9 Å². The second-order valence-electron chi connectivity index (χ2n) is 8.58. The summed E-state index contributed by atoms with van der Waals surface area (Å²) in [6.07, 6.45) is 4.52. The average Bonchev–Trinajstić information content (AvgIpc) is 3.21. The normalized spacial score (nSPS) is 11.4. The van der Waals surface area contributed by atoms with E-state index in [0.717, 1.165) is 44.5 Å². The summed E-state index contributed by atoms with van der Waals surface area (Å²) in [5.74, 6) is -1.88. The Bertz CT molecular complexity index is 1710. The van der Waals surface area contributed by atoms with Gasteiger partial charge in [-0.1, -0.05) is 12.1 Å². The minimum absolute atomic E-state index is 0.0172. The zero-order chi connectivity index (χ0) is 26.1. The molecule has 2 N–H and O–H groups in total. The molecule has 0 fully saturated rings. The third-order valence-electron chi connectivity index (χ3n) is 6.13. The van der Waals surface area contributed by atoms with E-state index in [9.17, 15) is 23.5 Å². The van der Waals surface area contributed by atoms with Crippen LogP contribution in [0.2, 0.25) is 0 Å². The molecule has 0 aliphatic carbocycles. The summed E-state index contributed by atoms with van der Waals surface area (Å²) in [5.41, 5.74) is 2.70. The highest BCUT2D eigenvalue weighted by Crippen LogP contribution is 2.25. The molecule has 0 saturated heterocycles. The molecule has 0 spiro atoms. The number of nitrogens with one attached hydrogen (secondary N) is 1. The van der Waals surface area contributed by atoms with Gasteiger partial charge in [0.25, 0.3) is 11.5 Å². The molecular formula is C26H22F2N6O3. The molecule has 37 heavy (non-hydrogen) atoms. The summed E-state index contributed by atoms with van der Waals surface area (Å²) in [6.45, 7) is 0.0570. The number of imidazole rings is 1. The second kappa shape index (κ2) is 9.86. The number of carbonyl (C=O) groups excluding carboxylic acids is 1. The van der Waals surface area contributed by atoms with Gasteiger partial charge in [0.1, 0.15) is 16.9 Å². The van der Waals surface area contributed by atoms with E-state index in [4.69, 9.17) is 0 Å². The van der Waals surface area contributed by atoms with Crippen LogP contribution in [-0.4, -0.2) is 41.7 Å². The number of aromatic nitrogens is 5. The van der Waals surface area contributed by atoms with E-state index < -0.39 is 23.1 Å². The predicted octanol–water partition coefficient (Wildman–Crippen LogP) is 2.47. The molecule has 0 unspecified atom stereocenters. The lowest BCUT2D eigenvalue weighted by atomic mass is 10.1. The molecule has 0 bridgehead atoms. The molecule has 0 aliphatic heterocycles. The van der Waals surface area contributed by atoms with Gasteiger partial charge in [-0.05, 0) is 35.4 Å². The first-order chi connectivity index (χ1) is 17.9. The second-order valence-corrected chi connectivity index (χ2v) is 8.58. The zero-order valence-electron chi connectivity index (χ0n) is 19.8. The molecule has 3 heterocycles. The van der Waals surface area contributed by atoms with Crippen molar-refractivity contribution in [3.63, 3.8) is 0 Å². The van der Waals surface area contributed by atoms with Gasteiger partial charge < -0.3 is 15.0 Å². The lowest BCUT2D eigenvalue weighted by Gasteiger charge is -2.10. The summed E-state index contributed by atoms with van der Waals surface area (Å²) >= 11 is 0. The third-order valence-corrected chi connectivity index (χ3v) is 6.13. The lowest BCUT2D eigenvalue weighted by Crippen LogP contribution is -2.33. The molecule has 0 aliphatic rings. The van der Waals surface area contributed by atoms with Crippen molar-refractivity contribution in [1.82, 2.24) is 29.4 Å². The number of carbonyl (C=O) groups is 1. The number of hydrogen-bond acceptors (Lipinski definition) is 6. The van der Waals surface area contributed by atoms with Crippen LogP contribution in [0.5, 0.6) is 0 Å².